The van der Waals surface area contributed by atoms with Crippen molar-refractivity contribution in [2.24, 2.45) is 5.92 Å². The summed E-state index contributed by atoms with van der Waals surface area (Å²) in [6.07, 6.45) is 2.67. The Hall–Kier alpha value is -3.05. The lowest BCUT2D eigenvalue weighted by molar-refractivity contribution is -0.116. The number of aryl methyl sites for hydroxylation is 2. The third-order valence-electron chi connectivity index (χ3n) is 5.34. The number of carbonyl (C=O) groups excluding carboxylic acids is 1. The molecule has 0 spiro atoms. The van der Waals surface area contributed by atoms with Gasteiger partial charge in [-0.25, -0.2) is 9.97 Å². The molecule has 154 valence electrons. The normalized spacial score (nSPS) is 12.4. The summed E-state index contributed by atoms with van der Waals surface area (Å²) in [4.78, 5) is 22.3. The van der Waals surface area contributed by atoms with Crippen molar-refractivity contribution in [3.05, 3.63) is 76.6 Å². The highest BCUT2D eigenvalue weighted by atomic mass is 16.3. The van der Waals surface area contributed by atoms with Crippen LogP contribution in [-0.2, 0) is 30.7 Å². The lowest BCUT2D eigenvalue weighted by Gasteiger charge is -2.21. The van der Waals surface area contributed by atoms with Crippen molar-refractivity contribution in [1.82, 2.24) is 9.97 Å². The summed E-state index contributed by atoms with van der Waals surface area (Å²) in [5.74, 6) is 0.816. The molecule has 30 heavy (non-hydrogen) atoms. The van der Waals surface area contributed by atoms with Crippen molar-refractivity contribution >= 4 is 11.7 Å². The number of nitrogens with zero attached hydrogens (tertiary/aromatic N) is 2. The predicted octanol–water partition coefficient (Wildman–Crippen LogP) is 4.31. The van der Waals surface area contributed by atoms with Gasteiger partial charge in [0, 0.05) is 18.4 Å². The van der Waals surface area contributed by atoms with Crippen molar-refractivity contribution in [1.29, 1.82) is 0 Å². The predicted molar refractivity (Wildman–Crippen MR) is 118 cm³/mol. The summed E-state index contributed by atoms with van der Waals surface area (Å²) < 4.78 is 0. The maximum atomic E-state index is 12.5. The van der Waals surface area contributed by atoms with Crippen molar-refractivity contribution in [3.63, 3.8) is 0 Å². The third kappa shape index (κ3) is 4.41. The Bertz CT molecular complexity index is 1060. The van der Waals surface area contributed by atoms with E-state index in [0.29, 0.717) is 18.7 Å². The topological polar surface area (TPSA) is 75.1 Å². The van der Waals surface area contributed by atoms with Crippen molar-refractivity contribution < 1.29 is 9.90 Å². The van der Waals surface area contributed by atoms with Crippen LogP contribution in [0.15, 0.2) is 48.5 Å². The first kappa shape index (κ1) is 20.2. The summed E-state index contributed by atoms with van der Waals surface area (Å²) in [5, 5.41) is 12.5. The minimum absolute atomic E-state index is 0.0302. The molecule has 5 heteroatoms. The molecule has 0 saturated carbocycles. The zero-order chi connectivity index (χ0) is 21.1. The molecule has 2 N–H and O–H groups in total. The first-order chi connectivity index (χ1) is 14.5. The average Bonchev–Trinajstić information content (AvgIpc) is 2.74. The van der Waals surface area contributed by atoms with E-state index in [9.17, 15) is 9.90 Å². The Morgan fingerprint density at radius 3 is 2.60 bits per heavy atom. The minimum atomic E-state index is -0.0302. The van der Waals surface area contributed by atoms with Gasteiger partial charge in [-0.1, -0.05) is 62.4 Å². The second kappa shape index (κ2) is 8.76. The van der Waals surface area contributed by atoms with Crippen LogP contribution in [0.3, 0.4) is 0 Å². The smallest absolute Gasteiger partial charge is 0.225 e. The number of aromatic nitrogens is 2. The van der Waals surface area contributed by atoms with Crippen LogP contribution < -0.4 is 5.32 Å². The van der Waals surface area contributed by atoms with Crippen LogP contribution in [0.25, 0.3) is 11.3 Å². The molecule has 0 atom stereocenters. The zero-order valence-electron chi connectivity index (χ0n) is 17.5. The summed E-state index contributed by atoms with van der Waals surface area (Å²) >= 11 is 0. The van der Waals surface area contributed by atoms with E-state index in [-0.39, 0.29) is 18.4 Å². The molecule has 1 heterocycles. The number of aliphatic hydroxyl groups is 1. The summed E-state index contributed by atoms with van der Waals surface area (Å²) in [7, 11) is 0. The summed E-state index contributed by atoms with van der Waals surface area (Å²) in [6, 6.07) is 16.1. The molecule has 0 saturated heterocycles. The second-order valence-corrected chi connectivity index (χ2v) is 8.27. The maximum Gasteiger partial charge on any atom is 0.225 e. The SMILES string of the molecule is CC(C)CC(=O)Nc1nc2c(nc1Cc1ccccc1)-c1ccc(CO)cc1CC2. The molecule has 1 amide bonds. The van der Waals surface area contributed by atoms with Gasteiger partial charge in [-0.05, 0) is 35.4 Å². The van der Waals surface area contributed by atoms with Crippen LogP contribution in [0.5, 0.6) is 0 Å². The first-order valence-corrected chi connectivity index (χ1v) is 10.5. The highest BCUT2D eigenvalue weighted by Crippen LogP contribution is 2.34. The van der Waals surface area contributed by atoms with Crippen LogP contribution in [0.1, 0.15) is 48.3 Å². The molecule has 5 nitrogen and oxygen atoms in total. The van der Waals surface area contributed by atoms with E-state index >= 15 is 0 Å². The zero-order valence-corrected chi connectivity index (χ0v) is 17.5. The van der Waals surface area contributed by atoms with E-state index < -0.39 is 0 Å². The molecule has 0 radical (unpaired) electrons. The fraction of sp³-hybridized carbons (Fsp3) is 0.320. The van der Waals surface area contributed by atoms with Gasteiger partial charge in [-0.15, -0.1) is 0 Å². The Labute approximate surface area is 177 Å². The first-order valence-electron chi connectivity index (χ1n) is 10.5. The van der Waals surface area contributed by atoms with Gasteiger partial charge in [0.05, 0.1) is 23.7 Å². The van der Waals surface area contributed by atoms with Crippen LogP contribution in [-0.4, -0.2) is 21.0 Å². The number of rotatable bonds is 6. The summed E-state index contributed by atoms with van der Waals surface area (Å²) in [5.41, 5.74) is 6.85. The minimum Gasteiger partial charge on any atom is -0.392 e. The van der Waals surface area contributed by atoms with Crippen molar-refractivity contribution in [3.8, 4) is 11.3 Å². The van der Waals surface area contributed by atoms with Crippen molar-refractivity contribution in [2.45, 2.75) is 46.1 Å². The van der Waals surface area contributed by atoms with Gasteiger partial charge in [-0.3, -0.25) is 4.79 Å². The largest absolute Gasteiger partial charge is 0.392 e. The second-order valence-electron chi connectivity index (χ2n) is 8.27. The molecule has 0 aliphatic heterocycles. The standard InChI is InChI=1S/C25H27N3O2/c1-16(2)12-23(30)28-25-22(14-17-6-4-3-5-7-17)26-24-20-10-8-18(15-29)13-19(20)9-11-21(24)27-25/h3-8,10,13,16,29H,9,11-12,14-15H2,1-2H3,(H,27,28,30). The Morgan fingerprint density at radius 2 is 1.87 bits per heavy atom. The molecule has 2 aromatic carbocycles. The molecule has 0 fully saturated rings. The Balaban J connectivity index is 1.76. The van der Waals surface area contributed by atoms with E-state index in [1.807, 2.05) is 44.2 Å². The van der Waals surface area contributed by atoms with Gasteiger partial charge in [0.1, 0.15) is 0 Å². The van der Waals surface area contributed by atoms with Crippen LogP contribution >= 0.6 is 0 Å². The highest BCUT2D eigenvalue weighted by Gasteiger charge is 2.23. The van der Waals surface area contributed by atoms with Gasteiger partial charge < -0.3 is 10.4 Å². The average molecular weight is 402 g/mol. The molecular formula is C25H27N3O2. The van der Waals surface area contributed by atoms with E-state index in [2.05, 4.69) is 23.5 Å². The molecule has 1 aliphatic rings. The van der Waals surface area contributed by atoms with Gasteiger partial charge >= 0.3 is 0 Å². The molecule has 0 unspecified atom stereocenters. The van der Waals surface area contributed by atoms with Crippen LogP contribution in [0, 0.1) is 5.92 Å². The van der Waals surface area contributed by atoms with E-state index in [4.69, 9.17) is 9.97 Å². The molecule has 4 rings (SSSR count). The summed E-state index contributed by atoms with van der Waals surface area (Å²) in [6.45, 7) is 4.09. The number of benzene rings is 2. The Morgan fingerprint density at radius 1 is 1.07 bits per heavy atom. The fourth-order valence-electron chi connectivity index (χ4n) is 3.90. The lowest BCUT2D eigenvalue weighted by atomic mass is 9.90. The van der Waals surface area contributed by atoms with Gasteiger partial charge in [-0.2, -0.15) is 0 Å². The molecule has 1 aromatic heterocycles. The molecule has 0 bridgehead atoms. The van der Waals surface area contributed by atoms with Gasteiger partial charge in [0.2, 0.25) is 5.91 Å². The number of hydrogen-bond acceptors (Lipinski definition) is 4. The lowest BCUT2D eigenvalue weighted by Crippen LogP contribution is -2.19. The number of fused-ring (bicyclic) bond motifs is 3. The quantitative estimate of drug-likeness (QED) is 0.645. The van der Waals surface area contributed by atoms with E-state index in [1.165, 1.54) is 5.56 Å². The fourth-order valence-corrected chi connectivity index (χ4v) is 3.90. The number of amides is 1. The van der Waals surface area contributed by atoms with Gasteiger partial charge in [0.15, 0.2) is 5.82 Å². The number of hydrogen-bond donors (Lipinski definition) is 2. The highest BCUT2D eigenvalue weighted by molar-refractivity contribution is 5.90. The van der Waals surface area contributed by atoms with Crippen LogP contribution in [0.2, 0.25) is 0 Å². The molecule has 1 aliphatic carbocycles. The van der Waals surface area contributed by atoms with Gasteiger partial charge in [0.25, 0.3) is 0 Å². The monoisotopic (exact) mass is 401 g/mol. The maximum absolute atomic E-state index is 12.5. The molecule has 3 aromatic rings. The third-order valence-corrected chi connectivity index (χ3v) is 5.34. The molecular weight excluding hydrogens is 374 g/mol. The number of nitrogens with one attached hydrogen (secondary N) is 1. The van der Waals surface area contributed by atoms with Crippen molar-refractivity contribution in [2.75, 3.05) is 5.32 Å². The van der Waals surface area contributed by atoms with Crippen LogP contribution in [0.4, 0.5) is 5.82 Å². The number of aliphatic hydroxyl groups excluding tert-OH is 1. The number of anilines is 1. The van der Waals surface area contributed by atoms with E-state index in [0.717, 1.165) is 46.6 Å². The van der Waals surface area contributed by atoms with E-state index in [1.54, 1.807) is 0 Å². The Kier molecular flexibility index (Phi) is 5.91. The number of carbonyl (C=O) groups is 1.